The number of ether oxygens (including phenoxy) is 1. The summed E-state index contributed by atoms with van der Waals surface area (Å²) in [4.78, 5) is 69.5. The lowest BCUT2D eigenvalue weighted by molar-refractivity contribution is -0.155. The third-order valence-corrected chi connectivity index (χ3v) is 5.24. The predicted octanol–water partition coefficient (Wildman–Crippen LogP) is -2.17. The summed E-state index contributed by atoms with van der Waals surface area (Å²) in [5.41, 5.74) is -0.238. The number of morpholine rings is 1. The summed E-state index contributed by atoms with van der Waals surface area (Å²) in [6.07, 6.45) is 0.335. The number of aromatic amines is 2. The summed E-state index contributed by atoms with van der Waals surface area (Å²) in [6.45, 7) is 4.55. The zero-order chi connectivity index (χ0) is 21.0. The van der Waals surface area contributed by atoms with Gasteiger partial charge in [0.2, 0.25) is 5.91 Å². The van der Waals surface area contributed by atoms with Crippen molar-refractivity contribution in [2.24, 2.45) is 0 Å². The van der Waals surface area contributed by atoms with Crippen LogP contribution in [0.1, 0.15) is 17.7 Å². The molecule has 1 aromatic rings. The highest BCUT2D eigenvalue weighted by Gasteiger charge is 2.31. The fourth-order valence-corrected chi connectivity index (χ4v) is 3.51. The van der Waals surface area contributed by atoms with Gasteiger partial charge in [-0.25, -0.2) is 4.79 Å². The van der Waals surface area contributed by atoms with Crippen LogP contribution in [0.3, 0.4) is 0 Å². The van der Waals surface area contributed by atoms with Gasteiger partial charge < -0.3 is 24.4 Å². The smallest absolute Gasteiger partial charge is 0.325 e. The topological polar surface area (TPSA) is 136 Å². The van der Waals surface area contributed by atoms with Gasteiger partial charge >= 0.3 is 17.5 Å². The van der Waals surface area contributed by atoms with Gasteiger partial charge in [-0.2, -0.15) is 0 Å². The molecule has 2 N–H and O–H groups in total. The van der Waals surface area contributed by atoms with Gasteiger partial charge in [0, 0.05) is 56.9 Å². The number of hydrogen-bond donors (Lipinski definition) is 2. The molecule has 158 valence electrons. The second kappa shape index (κ2) is 9.03. The molecule has 0 aromatic carbocycles. The van der Waals surface area contributed by atoms with Crippen LogP contribution in [0.2, 0.25) is 0 Å². The first kappa shape index (κ1) is 20.8. The Hall–Kier alpha value is -2.95. The zero-order valence-electron chi connectivity index (χ0n) is 16.4. The van der Waals surface area contributed by atoms with Gasteiger partial charge in [0.05, 0.1) is 13.2 Å². The molecule has 0 aliphatic carbocycles. The molecule has 3 rings (SSSR count). The van der Waals surface area contributed by atoms with E-state index < -0.39 is 23.1 Å². The van der Waals surface area contributed by atoms with Crippen LogP contribution in [-0.4, -0.2) is 94.9 Å². The van der Waals surface area contributed by atoms with Gasteiger partial charge in [-0.3, -0.25) is 24.2 Å². The van der Waals surface area contributed by atoms with E-state index in [1.165, 1.54) is 9.80 Å². The number of piperazine rings is 1. The van der Waals surface area contributed by atoms with Crippen LogP contribution in [-0.2, 0) is 25.5 Å². The molecule has 0 bridgehead atoms. The van der Waals surface area contributed by atoms with Crippen molar-refractivity contribution in [3.63, 3.8) is 0 Å². The van der Waals surface area contributed by atoms with Crippen molar-refractivity contribution in [3.05, 3.63) is 32.1 Å². The van der Waals surface area contributed by atoms with Crippen molar-refractivity contribution < 1.29 is 19.1 Å². The first-order valence-electron chi connectivity index (χ1n) is 9.62. The average Bonchev–Trinajstić information content (AvgIpc) is 2.72. The third-order valence-electron chi connectivity index (χ3n) is 5.24. The molecule has 0 radical (unpaired) electrons. The minimum atomic E-state index is -0.574. The number of H-pyrrole nitrogens is 2. The average molecular weight is 407 g/mol. The number of nitrogens with one attached hydrogen (secondary N) is 2. The summed E-state index contributed by atoms with van der Waals surface area (Å²) in [5.74, 6) is -1.21. The largest absolute Gasteiger partial charge is 0.378 e. The zero-order valence-corrected chi connectivity index (χ0v) is 16.4. The minimum absolute atomic E-state index is 0.122. The van der Waals surface area contributed by atoms with E-state index in [1.807, 2.05) is 0 Å². The standard InChI is InChI=1S/C18H25N5O6/c1-12-13(15(25)20-18(28)19-12)2-3-14(24)21-4-6-22(7-5-21)16(26)17(27)23-8-10-29-11-9-23/h2-11H2,1H3,(H2,19,20,25,28). The number of nitrogens with zero attached hydrogens (tertiary/aromatic N) is 3. The third kappa shape index (κ3) is 4.91. The van der Waals surface area contributed by atoms with Gasteiger partial charge in [-0.15, -0.1) is 0 Å². The fraction of sp³-hybridized carbons (Fsp3) is 0.611. The first-order valence-corrected chi connectivity index (χ1v) is 9.62. The Labute approximate surface area is 166 Å². The van der Waals surface area contributed by atoms with E-state index in [9.17, 15) is 24.0 Å². The van der Waals surface area contributed by atoms with E-state index in [0.717, 1.165) is 0 Å². The molecule has 0 spiro atoms. The van der Waals surface area contributed by atoms with Crippen LogP contribution in [0, 0.1) is 6.92 Å². The maximum absolute atomic E-state index is 12.5. The summed E-state index contributed by atoms with van der Waals surface area (Å²) in [5, 5.41) is 0. The Morgan fingerprint density at radius 1 is 0.862 bits per heavy atom. The SMILES string of the molecule is Cc1[nH]c(=O)[nH]c(=O)c1CCC(=O)N1CCN(C(=O)C(=O)N2CCOCC2)CC1. The van der Waals surface area contributed by atoms with Gasteiger partial charge in [-0.1, -0.05) is 0 Å². The van der Waals surface area contributed by atoms with E-state index in [0.29, 0.717) is 63.7 Å². The van der Waals surface area contributed by atoms with Crippen molar-refractivity contribution >= 4 is 17.7 Å². The molecule has 11 heteroatoms. The number of aryl methyl sites for hydroxylation is 1. The van der Waals surface area contributed by atoms with E-state index in [4.69, 9.17) is 4.74 Å². The predicted molar refractivity (Wildman–Crippen MR) is 101 cm³/mol. The fourth-order valence-electron chi connectivity index (χ4n) is 3.51. The number of carbonyl (C=O) groups excluding carboxylic acids is 3. The summed E-state index contributed by atoms with van der Waals surface area (Å²) >= 11 is 0. The highest BCUT2D eigenvalue weighted by atomic mass is 16.5. The Bertz CT molecular complexity index is 893. The molecule has 2 aliphatic heterocycles. The molecule has 2 aliphatic rings. The van der Waals surface area contributed by atoms with Crippen LogP contribution < -0.4 is 11.2 Å². The van der Waals surface area contributed by atoms with Crippen molar-refractivity contribution in [3.8, 4) is 0 Å². The summed E-state index contributed by atoms with van der Waals surface area (Å²) in [6, 6.07) is 0. The summed E-state index contributed by atoms with van der Waals surface area (Å²) < 4.78 is 5.19. The Morgan fingerprint density at radius 2 is 1.41 bits per heavy atom. The van der Waals surface area contributed by atoms with E-state index in [1.54, 1.807) is 11.8 Å². The Kier molecular flexibility index (Phi) is 6.47. The van der Waals surface area contributed by atoms with Gasteiger partial charge in [0.25, 0.3) is 5.56 Å². The molecular formula is C18H25N5O6. The van der Waals surface area contributed by atoms with Crippen LogP contribution in [0.4, 0.5) is 0 Å². The Morgan fingerprint density at radius 3 is 2.00 bits per heavy atom. The minimum Gasteiger partial charge on any atom is -0.378 e. The lowest BCUT2D eigenvalue weighted by Crippen LogP contribution is -2.55. The molecule has 1 aromatic heterocycles. The van der Waals surface area contributed by atoms with Gasteiger partial charge in [0.1, 0.15) is 0 Å². The molecule has 0 unspecified atom stereocenters. The maximum atomic E-state index is 12.5. The van der Waals surface area contributed by atoms with Crippen LogP contribution >= 0.6 is 0 Å². The van der Waals surface area contributed by atoms with Crippen LogP contribution in [0.5, 0.6) is 0 Å². The number of carbonyl (C=O) groups is 3. The molecule has 2 fully saturated rings. The van der Waals surface area contributed by atoms with E-state index in [2.05, 4.69) is 9.97 Å². The molecule has 11 nitrogen and oxygen atoms in total. The van der Waals surface area contributed by atoms with E-state index in [-0.39, 0.29) is 18.7 Å². The monoisotopic (exact) mass is 407 g/mol. The first-order chi connectivity index (χ1) is 13.9. The summed E-state index contributed by atoms with van der Waals surface area (Å²) in [7, 11) is 0. The Balaban J connectivity index is 1.49. The van der Waals surface area contributed by atoms with Crippen molar-refractivity contribution in [1.82, 2.24) is 24.7 Å². The van der Waals surface area contributed by atoms with Crippen LogP contribution in [0.15, 0.2) is 9.59 Å². The lowest BCUT2D eigenvalue weighted by atomic mass is 10.1. The van der Waals surface area contributed by atoms with Gasteiger partial charge in [0.15, 0.2) is 0 Å². The number of amides is 3. The highest BCUT2D eigenvalue weighted by Crippen LogP contribution is 2.09. The number of hydrogen-bond acceptors (Lipinski definition) is 6. The molecular weight excluding hydrogens is 382 g/mol. The van der Waals surface area contributed by atoms with Crippen molar-refractivity contribution in [2.45, 2.75) is 19.8 Å². The normalized spacial score (nSPS) is 17.3. The van der Waals surface area contributed by atoms with Gasteiger partial charge in [-0.05, 0) is 13.3 Å². The molecule has 0 saturated carbocycles. The second-order valence-corrected chi connectivity index (χ2v) is 7.09. The lowest BCUT2D eigenvalue weighted by Gasteiger charge is -2.36. The van der Waals surface area contributed by atoms with E-state index >= 15 is 0 Å². The molecule has 3 heterocycles. The van der Waals surface area contributed by atoms with Crippen LogP contribution in [0.25, 0.3) is 0 Å². The number of rotatable bonds is 3. The quantitative estimate of drug-likeness (QED) is 0.548. The van der Waals surface area contributed by atoms with Crippen molar-refractivity contribution in [1.29, 1.82) is 0 Å². The molecule has 29 heavy (non-hydrogen) atoms. The number of aromatic nitrogens is 2. The molecule has 2 saturated heterocycles. The second-order valence-electron chi connectivity index (χ2n) is 7.09. The molecule has 0 atom stereocenters. The highest BCUT2D eigenvalue weighted by molar-refractivity contribution is 6.34. The maximum Gasteiger partial charge on any atom is 0.325 e. The molecule has 3 amide bonds. The van der Waals surface area contributed by atoms with Crippen molar-refractivity contribution in [2.75, 3.05) is 52.5 Å².